The van der Waals surface area contributed by atoms with Gasteiger partial charge in [-0.15, -0.1) is 24.0 Å². The first-order valence-electron chi connectivity index (χ1n) is 10.7. The first-order chi connectivity index (χ1) is 13.0. The van der Waals surface area contributed by atoms with Gasteiger partial charge in [0.05, 0.1) is 25.3 Å². The Kier molecular flexibility index (Phi) is 12.7. The molecule has 8 heteroatoms. The summed E-state index contributed by atoms with van der Waals surface area (Å²) in [6, 6.07) is 1.12. The Morgan fingerprint density at radius 3 is 2.39 bits per heavy atom. The van der Waals surface area contributed by atoms with Crippen LogP contribution in [0.1, 0.15) is 41.0 Å². The Balaban J connectivity index is 0.00000392. The molecule has 6 nitrogen and oxygen atoms in total. The van der Waals surface area contributed by atoms with Gasteiger partial charge in [-0.1, -0.05) is 0 Å². The van der Waals surface area contributed by atoms with Gasteiger partial charge >= 0.3 is 0 Å². The van der Waals surface area contributed by atoms with Gasteiger partial charge in [0, 0.05) is 50.6 Å². The van der Waals surface area contributed by atoms with E-state index in [9.17, 15) is 0 Å². The maximum absolute atomic E-state index is 5.57. The predicted octanol–water partition coefficient (Wildman–Crippen LogP) is 2.49. The summed E-state index contributed by atoms with van der Waals surface area (Å²) in [5.74, 6) is 3.38. The van der Waals surface area contributed by atoms with Crippen LogP contribution >= 0.6 is 35.7 Å². The largest absolute Gasteiger partial charge is 0.379 e. The third-order valence-corrected chi connectivity index (χ3v) is 6.86. The van der Waals surface area contributed by atoms with Crippen LogP contribution in [-0.2, 0) is 4.74 Å². The Bertz CT molecular complexity index is 444. The topological polar surface area (TPSA) is 52.1 Å². The number of nitrogens with one attached hydrogen (secondary N) is 2. The fourth-order valence-electron chi connectivity index (χ4n) is 4.09. The Morgan fingerprint density at radius 1 is 1.18 bits per heavy atom. The van der Waals surface area contributed by atoms with Crippen LogP contribution in [0.4, 0.5) is 0 Å². The number of halogens is 1. The van der Waals surface area contributed by atoms with Crippen LogP contribution in [-0.4, -0.2) is 97.4 Å². The van der Waals surface area contributed by atoms with E-state index in [-0.39, 0.29) is 29.5 Å². The molecule has 0 bridgehead atoms. The van der Waals surface area contributed by atoms with E-state index in [1.54, 1.807) is 0 Å². The number of rotatable bonds is 9. The predicted molar refractivity (Wildman–Crippen MR) is 133 cm³/mol. The fourth-order valence-corrected chi connectivity index (χ4v) is 5.56. The minimum absolute atomic E-state index is 0. The maximum Gasteiger partial charge on any atom is 0.191 e. The van der Waals surface area contributed by atoms with E-state index in [1.807, 2.05) is 0 Å². The molecule has 2 aliphatic rings. The van der Waals surface area contributed by atoms with Crippen molar-refractivity contribution in [2.24, 2.45) is 4.99 Å². The van der Waals surface area contributed by atoms with Crippen LogP contribution in [0, 0.1) is 0 Å². The Labute approximate surface area is 194 Å². The molecule has 1 atom stereocenters. The van der Waals surface area contributed by atoms with Crippen molar-refractivity contribution in [1.82, 2.24) is 20.4 Å². The molecule has 0 aromatic rings. The second kappa shape index (κ2) is 13.5. The van der Waals surface area contributed by atoms with Crippen LogP contribution < -0.4 is 10.6 Å². The lowest BCUT2D eigenvalue weighted by atomic mass is 9.96. The van der Waals surface area contributed by atoms with Crippen molar-refractivity contribution < 1.29 is 4.74 Å². The lowest BCUT2D eigenvalue weighted by molar-refractivity contribution is -0.0104. The number of ether oxygens (including phenoxy) is 1. The van der Waals surface area contributed by atoms with Crippen molar-refractivity contribution in [1.29, 1.82) is 0 Å². The number of aliphatic imine (C=N–C) groups is 1. The molecule has 0 spiro atoms. The lowest BCUT2D eigenvalue weighted by Crippen LogP contribution is -2.56. The van der Waals surface area contributed by atoms with Gasteiger partial charge in [0.2, 0.25) is 0 Å². The van der Waals surface area contributed by atoms with Crippen LogP contribution in [0.3, 0.4) is 0 Å². The minimum atomic E-state index is 0. The molecule has 0 saturated carbocycles. The molecule has 2 heterocycles. The highest BCUT2D eigenvalue weighted by Gasteiger charge is 2.40. The molecule has 166 valence electrons. The monoisotopic (exact) mass is 527 g/mol. The van der Waals surface area contributed by atoms with Gasteiger partial charge in [-0.2, -0.15) is 11.8 Å². The van der Waals surface area contributed by atoms with E-state index in [0.717, 1.165) is 58.4 Å². The summed E-state index contributed by atoms with van der Waals surface area (Å²) >= 11 is 2.07. The number of thioether (sulfide) groups is 1. The zero-order valence-corrected chi connectivity index (χ0v) is 21.6. The van der Waals surface area contributed by atoms with E-state index in [4.69, 9.17) is 9.73 Å². The van der Waals surface area contributed by atoms with E-state index in [0.29, 0.717) is 12.1 Å². The number of guanidine groups is 1. The quantitative estimate of drug-likeness (QED) is 0.273. The summed E-state index contributed by atoms with van der Waals surface area (Å²) in [5.41, 5.74) is 0.207. The number of hydrogen-bond acceptors (Lipinski definition) is 5. The highest BCUT2D eigenvalue weighted by Crippen LogP contribution is 2.34. The van der Waals surface area contributed by atoms with Gasteiger partial charge in [-0.25, -0.2) is 0 Å². The molecule has 2 fully saturated rings. The van der Waals surface area contributed by atoms with Gasteiger partial charge in [0.25, 0.3) is 0 Å². The van der Waals surface area contributed by atoms with E-state index < -0.39 is 0 Å². The highest BCUT2D eigenvalue weighted by atomic mass is 127. The lowest BCUT2D eigenvalue weighted by Gasteiger charge is -2.42. The molecule has 2 N–H and O–H groups in total. The van der Waals surface area contributed by atoms with Gasteiger partial charge < -0.3 is 15.4 Å². The fraction of sp³-hybridized carbons (Fsp3) is 0.950. The van der Waals surface area contributed by atoms with Crippen molar-refractivity contribution >= 4 is 41.7 Å². The third-order valence-electron chi connectivity index (χ3n) is 5.63. The van der Waals surface area contributed by atoms with Gasteiger partial charge in [-0.05, 0) is 46.8 Å². The molecule has 0 aliphatic carbocycles. The van der Waals surface area contributed by atoms with Crippen molar-refractivity contribution in [3.63, 3.8) is 0 Å². The average Bonchev–Trinajstić information content (AvgIpc) is 3.13. The molecule has 2 rings (SSSR count). The molecule has 1 unspecified atom stereocenters. The number of nitrogens with zero attached hydrogens (tertiary/aromatic N) is 3. The molecule has 28 heavy (non-hydrogen) atoms. The van der Waals surface area contributed by atoms with E-state index in [2.05, 4.69) is 66.8 Å². The summed E-state index contributed by atoms with van der Waals surface area (Å²) in [6.07, 6.45) is 1.23. The first kappa shape index (κ1) is 26.3. The van der Waals surface area contributed by atoms with Crippen molar-refractivity contribution in [2.75, 3.05) is 64.0 Å². The zero-order valence-electron chi connectivity index (χ0n) is 18.5. The zero-order chi connectivity index (χ0) is 19.7. The maximum atomic E-state index is 5.57. The summed E-state index contributed by atoms with van der Waals surface area (Å²) in [6.45, 7) is 18.7. The standard InChI is InChI=1S/C20H41N5OS.HI/c1-6-21-19(22-8-9-25(17(2)3)18(4)5)23-15-20(7-14-27-16-20)24-10-12-26-13-11-24;/h17-18H,6-16H2,1-5H3,(H2,21,22,23);1H. The Hall–Kier alpha value is 0.230. The summed E-state index contributed by atoms with van der Waals surface area (Å²) in [7, 11) is 0. The molecular formula is C20H42IN5OS. The van der Waals surface area contributed by atoms with Crippen molar-refractivity contribution in [3.8, 4) is 0 Å². The summed E-state index contributed by atoms with van der Waals surface area (Å²) in [5, 5.41) is 6.98. The second-order valence-electron chi connectivity index (χ2n) is 8.17. The molecular weight excluding hydrogens is 485 g/mol. The molecule has 0 radical (unpaired) electrons. The third kappa shape index (κ3) is 7.81. The molecule has 0 aromatic heterocycles. The van der Waals surface area contributed by atoms with Crippen LogP contribution in [0.2, 0.25) is 0 Å². The highest BCUT2D eigenvalue weighted by molar-refractivity contribution is 14.0. The molecule has 0 amide bonds. The van der Waals surface area contributed by atoms with Gasteiger partial charge in [0.1, 0.15) is 0 Å². The van der Waals surface area contributed by atoms with E-state index in [1.165, 1.54) is 17.9 Å². The van der Waals surface area contributed by atoms with Crippen LogP contribution in [0.15, 0.2) is 4.99 Å². The average molecular weight is 528 g/mol. The SMILES string of the molecule is CCNC(=NCC1(N2CCOCC2)CCSC1)NCCN(C(C)C)C(C)C.I. The molecule has 0 aromatic carbocycles. The second-order valence-corrected chi connectivity index (χ2v) is 9.28. The molecule has 2 aliphatic heterocycles. The van der Waals surface area contributed by atoms with E-state index >= 15 is 0 Å². The molecule has 2 saturated heterocycles. The smallest absolute Gasteiger partial charge is 0.191 e. The van der Waals surface area contributed by atoms with Crippen molar-refractivity contribution in [2.45, 2.75) is 58.7 Å². The minimum Gasteiger partial charge on any atom is -0.379 e. The number of morpholine rings is 1. The summed E-state index contributed by atoms with van der Waals surface area (Å²) in [4.78, 5) is 10.2. The summed E-state index contributed by atoms with van der Waals surface area (Å²) < 4.78 is 5.57. The van der Waals surface area contributed by atoms with Crippen LogP contribution in [0.5, 0.6) is 0 Å². The van der Waals surface area contributed by atoms with Gasteiger partial charge in [-0.3, -0.25) is 14.8 Å². The van der Waals surface area contributed by atoms with Crippen molar-refractivity contribution in [3.05, 3.63) is 0 Å². The van der Waals surface area contributed by atoms with Gasteiger partial charge in [0.15, 0.2) is 5.96 Å². The van der Waals surface area contributed by atoms with Crippen LogP contribution in [0.25, 0.3) is 0 Å². The first-order valence-corrected chi connectivity index (χ1v) is 11.8. The normalized spacial score (nSPS) is 24.1. The number of hydrogen-bond donors (Lipinski definition) is 2. The Morgan fingerprint density at radius 2 is 1.86 bits per heavy atom.